The molecule has 3 heterocycles. The zero-order valence-electron chi connectivity index (χ0n) is 31.8. The second-order valence-electron chi connectivity index (χ2n) is 13.9. The molecule has 6 atom stereocenters. The molecule has 3 aromatic carbocycles. The number of nitrogens with zero attached hydrogens (tertiary/aromatic N) is 4. The summed E-state index contributed by atoms with van der Waals surface area (Å²) >= 11 is 0. The Bertz CT molecular complexity index is 1870. The third-order valence-electron chi connectivity index (χ3n) is 10.00. The van der Waals surface area contributed by atoms with Crippen LogP contribution in [0, 0.1) is 11.3 Å². The molecular weight excluding hydrogens is 707 g/mol. The quantitative estimate of drug-likeness (QED) is 0.0629. The molecule has 0 spiro atoms. The van der Waals surface area contributed by atoms with Gasteiger partial charge in [0.25, 0.3) is 8.53 Å². The van der Waals surface area contributed by atoms with Crippen molar-refractivity contribution in [2.75, 3.05) is 27.4 Å². The average Bonchev–Trinajstić information content (AvgIpc) is 3.70. The van der Waals surface area contributed by atoms with E-state index >= 15 is 0 Å². The van der Waals surface area contributed by atoms with Crippen molar-refractivity contribution in [1.29, 1.82) is 5.26 Å². The van der Waals surface area contributed by atoms with Crippen LogP contribution in [0.4, 0.5) is 0 Å². The number of hydrogen-bond acceptors (Lipinski definition) is 11. The van der Waals surface area contributed by atoms with Crippen molar-refractivity contribution in [3.05, 3.63) is 124 Å². The lowest BCUT2D eigenvalue weighted by atomic mass is 9.79. The highest BCUT2D eigenvalue weighted by Crippen LogP contribution is 2.57. The van der Waals surface area contributed by atoms with Crippen LogP contribution in [-0.4, -0.2) is 77.7 Å². The molecule has 0 N–H and O–H groups in total. The molecule has 1 aromatic heterocycles. The van der Waals surface area contributed by atoms with Crippen molar-refractivity contribution in [2.45, 2.75) is 88.9 Å². The molecule has 2 aliphatic rings. The van der Waals surface area contributed by atoms with Crippen molar-refractivity contribution in [3.8, 4) is 17.6 Å². The Morgan fingerprint density at radius 2 is 1.52 bits per heavy atom. The van der Waals surface area contributed by atoms with Crippen molar-refractivity contribution in [2.24, 2.45) is 0 Å². The maximum absolute atomic E-state index is 13.2. The first-order valence-corrected chi connectivity index (χ1v) is 19.3. The molecule has 0 amide bonds. The van der Waals surface area contributed by atoms with Crippen LogP contribution in [0.3, 0.4) is 0 Å². The molecule has 13 heteroatoms. The van der Waals surface area contributed by atoms with Gasteiger partial charge in [0, 0.05) is 24.5 Å². The second kappa shape index (κ2) is 17.1. The first-order valence-electron chi connectivity index (χ1n) is 18.2. The van der Waals surface area contributed by atoms with E-state index < -0.39 is 50.0 Å². The Hall–Kier alpha value is -4.18. The summed E-state index contributed by atoms with van der Waals surface area (Å²) in [7, 11) is 1.54. The van der Waals surface area contributed by atoms with Gasteiger partial charge in [-0.05, 0) is 81.6 Å². The smallest absolute Gasteiger partial charge is 0.349 e. The summed E-state index contributed by atoms with van der Waals surface area (Å²) < 4.78 is 49.4. The minimum absolute atomic E-state index is 0.0522. The number of fused-ring (bicyclic) bond motifs is 2. The van der Waals surface area contributed by atoms with Gasteiger partial charge < -0.3 is 32.7 Å². The third-order valence-corrected chi connectivity index (χ3v) is 12.1. The minimum Gasteiger partial charge on any atom is -0.497 e. The average molecular weight is 757 g/mol. The summed E-state index contributed by atoms with van der Waals surface area (Å²) in [5.41, 5.74) is -0.317. The molecule has 2 bridgehead atoms. The van der Waals surface area contributed by atoms with E-state index in [4.69, 9.17) is 32.7 Å². The molecule has 6 rings (SSSR count). The fraction of sp³-hybridized carbons (Fsp3) is 0.439. The van der Waals surface area contributed by atoms with Crippen LogP contribution in [0.15, 0.2) is 102 Å². The normalized spacial score (nSPS) is 22.1. The van der Waals surface area contributed by atoms with Crippen LogP contribution in [0.5, 0.6) is 11.5 Å². The van der Waals surface area contributed by atoms with E-state index in [-0.39, 0.29) is 31.7 Å². The van der Waals surface area contributed by atoms with Crippen LogP contribution in [0.25, 0.3) is 0 Å². The predicted molar refractivity (Wildman–Crippen MR) is 204 cm³/mol. The lowest BCUT2D eigenvalue weighted by Crippen LogP contribution is -2.55. The maximum atomic E-state index is 13.2. The second-order valence-corrected chi connectivity index (χ2v) is 15.3. The highest BCUT2D eigenvalue weighted by atomic mass is 31.2. The molecule has 0 aliphatic carbocycles. The Labute approximate surface area is 318 Å². The third kappa shape index (κ3) is 7.55. The fourth-order valence-corrected chi connectivity index (χ4v) is 9.25. The van der Waals surface area contributed by atoms with Crippen LogP contribution in [-0.2, 0) is 28.9 Å². The zero-order valence-corrected chi connectivity index (χ0v) is 32.7. The van der Waals surface area contributed by atoms with Gasteiger partial charge in [-0.15, -0.1) is 0 Å². The molecule has 0 saturated carbocycles. The Balaban J connectivity index is 1.51. The van der Waals surface area contributed by atoms with Gasteiger partial charge in [-0.25, -0.2) is 14.4 Å². The van der Waals surface area contributed by atoms with E-state index in [0.717, 1.165) is 16.7 Å². The first-order chi connectivity index (χ1) is 26.1. The monoisotopic (exact) mass is 756 g/mol. The van der Waals surface area contributed by atoms with E-state index in [1.807, 2.05) is 85.8 Å². The van der Waals surface area contributed by atoms with Gasteiger partial charge in [0.15, 0.2) is 6.23 Å². The summed E-state index contributed by atoms with van der Waals surface area (Å²) in [6.45, 7) is 10.6. The van der Waals surface area contributed by atoms with Gasteiger partial charge in [0.05, 0.1) is 46.0 Å². The lowest BCUT2D eigenvalue weighted by molar-refractivity contribution is -0.230. The molecule has 2 aliphatic heterocycles. The number of benzene rings is 3. The maximum Gasteiger partial charge on any atom is 0.349 e. The van der Waals surface area contributed by atoms with Gasteiger partial charge in [-0.1, -0.05) is 54.6 Å². The summed E-state index contributed by atoms with van der Waals surface area (Å²) in [4.78, 5) is 17.2. The molecule has 286 valence electrons. The van der Waals surface area contributed by atoms with Crippen molar-refractivity contribution < 1.29 is 32.7 Å². The number of methoxy groups -OCH3 is 2. The van der Waals surface area contributed by atoms with Crippen molar-refractivity contribution in [1.82, 2.24) is 14.2 Å². The molecule has 2 fully saturated rings. The summed E-state index contributed by atoms with van der Waals surface area (Å²) in [5, 5.41) is 9.38. The Morgan fingerprint density at radius 1 is 0.926 bits per heavy atom. The summed E-state index contributed by atoms with van der Waals surface area (Å²) in [5.74, 6) is 1.41. The number of ether oxygens (including phenoxy) is 5. The highest BCUT2D eigenvalue weighted by Gasteiger charge is 2.68. The van der Waals surface area contributed by atoms with Crippen LogP contribution in [0.2, 0.25) is 0 Å². The first kappa shape index (κ1) is 39.5. The number of rotatable bonds is 17. The van der Waals surface area contributed by atoms with Gasteiger partial charge in [0.2, 0.25) is 0 Å². The largest absolute Gasteiger partial charge is 0.497 e. The standard InChI is InChI=1S/C41H49N4O8P/c1-28(2)45(29(3)4)54(50-26-11-23-42)53-37-36-38(44-25-12-24-43-39(44)46)52-40(37,27-49-36)30(5)51-41(31-13-9-8-10-14-31,32-15-19-34(47-6)20-16-32)33-17-21-35(48-7)22-18-33/h8-10,12-22,24-25,28-30,36-38H,11,26-27H2,1-7H3/t30-,36-,37+,38-,40?,54?/m1/s1. The lowest BCUT2D eigenvalue weighted by Gasteiger charge is -2.44. The fourth-order valence-electron chi connectivity index (χ4n) is 7.45. The van der Waals surface area contributed by atoms with E-state index in [9.17, 15) is 10.1 Å². The van der Waals surface area contributed by atoms with E-state index in [0.29, 0.717) is 11.5 Å². The molecular formula is C41H49N4O8P. The topological polar surface area (TPSA) is 127 Å². The van der Waals surface area contributed by atoms with Crippen molar-refractivity contribution in [3.63, 3.8) is 0 Å². The predicted octanol–water partition coefficient (Wildman–Crippen LogP) is 6.99. The van der Waals surface area contributed by atoms with E-state index in [2.05, 4.69) is 43.4 Å². The van der Waals surface area contributed by atoms with Gasteiger partial charge in [-0.3, -0.25) is 4.57 Å². The molecule has 4 aromatic rings. The van der Waals surface area contributed by atoms with E-state index in [1.54, 1.807) is 26.5 Å². The SMILES string of the molecule is COc1ccc(C(O[C@H](C)C23CO[C@@H]([C@H](n4cccnc4=O)O2)[C@@H]3OP(OCCC#N)N(C(C)C)C(C)C)(c2ccccc2)c2ccc(OC)cc2)cc1. The number of nitriles is 1. The van der Waals surface area contributed by atoms with Gasteiger partial charge in [0.1, 0.15) is 34.9 Å². The van der Waals surface area contributed by atoms with Crippen LogP contribution < -0.4 is 15.2 Å². The van der Waals surface area contributed by atoms with Crippen LogP contribution >= 0.6 is 8.53 Å². The Kier molecular flexibility index (Phi) is 12.5. The van der Waals surface area contributed by atoms with Gasteiger partial charge >= 0.3 is 5.69 Å². The molecule has 54 heavy (non-hydrogen) atoms. The summed E-state index contributed by atoms with van der Waals surface area (Å²) in [6, 6.07) is 29.7. The van der Waals surface area contributed by atoms with Crippen molar-refractivity contribution >= 4 is 8.53 Å². The van der Waals surface area contributed by atoms with E-state index in [1.165, 1.54) is 10.8 Å². The number of aromatic nitrogens is 2. The van der Waals surface area contributed by atoms with Gasteiger partial charge in [-0.2, -0.15) is 5.26 Å². The molecule has 2 saturated heterocycles. The highest BCUT2D eigenvalue weighted by molar-refractivity contribution is 7.44. The number of hydrogen-bond donors (Lipinski definition) is 0. The molecule has 12 nitrogen and oxygen atoms in total. The Morgan fingerprint density at radius 3 is 2.06 bits per heavy atom. The van der Waals surface area contributed by atoms with Crippen LogP contribution in [0.1, 0.15) is 64.0 Å². The zero-order chi connectivity index (χ0) is 38.5. The molecule has 2 unspecified atom stereocenters. The summed E-state index contributed by atoms with van der Waals surface area (Å²) in [6.07, 6.45) is 0.239. The minimum atomic E-state index is -1.73. The molecule has 0 radical (unpaired) electrons.